The summed E-state index contributed by atoms with van der Waals surface area (Å²) in [5.74, 6) is -6.02. The highest BCUT2D eigenvalue weighted by Crippen LogP contribution is 2.31. The second-order valence-electron chi connectivity index (χ2n) is 8.18. The highest BCUT2D eigenvalue weighted by atomic mass is 19.3. The Hall–Kier alpha value is -2.73. The van der Waals surface area contributed by atoms with Gasteiger partial charge in [-0.3, -0.25) is 4.79 Å². The number of para-hydroxylation sites is 1. The van der Waals surface area contributed by atoms with Crippen LogP contribution in [-0.4, -0.2) is 60.9 Å². The third-order valence-corrected chi connectivity index (χ3v) is 4.85. The van der Waals surface area contributed by atoms with Gasteiger partial charge < -0.3 is 29.2 Å². The van der Waals surface area contributed by atoms with E-state index in [1.165, 1.54) is 19.9 Å². The van der Waals surface area contributed by atoms with Gasteiger partial charge in [-0.05, 0) is 45.7 Å². The Morgan fingerprint density at radius 3 is 2.58 bits per heavy atom. The second-order valence-corrected chi connectivity index (χ2v) is 8.18. The van der Waals surface area contributed by atoms with Crippen LogP contribution in [0.1, 0.15) is 56.5 Å². The Bertz CT molecular complexity index is 874. The molecule has 1 atom stereocenters. The quantitative estimate of drug-likeness (QED) is 0.302. The van der Waals surface area contributed by atoms with Crippen molar-refractivity contribution in [3.63, 3.8) is 0 Å². The SMILES string of the molecule is CCOC(C)(C)C(=O)OCOC(=O)c1cccc2c1OB(O)C(NC(=O)CCC(C)(F)F)C2. The molecule has 1 aromatic carbocycles. The monoisotopic (exact) mass is 471 g/mol. The number of carbonyl (C=O) groups excluding carboxylic acids is 3. The van der Waals surface area contributed by atoms with Gasteiger partial charge in [0.15, 0.2) is 5.60 Å². The normalized spacial score (nSPS) is 15.8. The van der Waals surface area contributed by atoms with Gasteiger partial charge in [-0.1, -0.05) is 12.1 Å². The number of fused-ring (bicyclic) bond motifs is 1. The molecular formula is C21H28BF2NO8. The van der Waals surface area contributed by atoms with Gasteiger partial charge in [0.1, 0.15) is 11.3 Å². The summed E-state index contributed by atoms with van der Waals surface area (Å²) in [4.78, 5) is 36.4. The smallest absolute Gasteiger partial charge is 0.534 e. The van der Waals surface area contributed by atoms with Crippen molar-refractivity contribution in [1.82, 2.24) is 5.32 Å². The lowest BCUT2D eigenvalue weighted by Crippen LogP contribution is -2.53. The zero-order valence-electron chi connectivity index (χ0n) is 19.0. The van der Waals surface area contributed by atoms with Gasteiger partial charge in [0, 0.05) is 19.4 Å². The van der Waals surface area contributed by atoms with Crippen LogP contribution in [0.4, 0.5) is 8.78 Å². The van der Waals surface area contributed by atoms with Crippen molar-refractivity contribution in [1.29, 1.82) is 0 Å². The number of ether oxygens (including phenoxy) is 3. The number of hydrogen-bond donors (Lipinski definition) is 2. The Morgan fingerprint density at radius 1 is 1.24 bits per heavy atom. The number of rotatable bonds is 10. The molecule has 0 radical (unpaired) electrons. The van der Waals surface area contributed by atoms with Crippen LogP contribution in [-0.2, 0) is 30.2 Å². The summed E-state index contributed by atoms with van der Waals surface area (Å²) in [5.41, 5.74) is -0.718. The summed E-state index contributed by atoms with van der Waals surface area (Å²) in [6.07, 6.45) is -0.935. The van der Waals surface area contributed by atoms with Gasteiger partial charge in [-0.25, -0.2) is 18.4 Å². The largest absolute Gasteiger partial charge is 0.547 e. The highest BCUT2D eigenvalue weighted by Gasteiger charge is 2.38. The minimum absolute atomic E-state index is 0.0120. The first kappa shape index (κ1) is 26.5. The summed E-state index contributed by atoms with van der Waals surface area (Å²) >= 11 is 0. The summed E-state index contributed by atoms with van der Waals surface area (Å²) in [6.45, 7) is 5.13. The van der Waals surface area contributed by atoms with Crippen LogP contribution in [0.2, 0.25) is 0 Å². The van der Waals surface area contributed by atoms with Crippen LogP contribution in [0.5, 0.6) is 5.75 Å². The van der Waals surface area contributed by atoms with Crippen molar-refractivity contribution in [2.24, 2.45) is 0 Å². The third-order valence-electron chi connectivity index (χ3n) is 4.85. The minimum Gasteiger partial charge on any atom is -0.534 e. The molecule has 12 heteroatoms. The standard InChI is InChI=1S/C21H28BF2NO8/c1-5-32-20(2,3)19(28)31-12-30-18(27)14-8-6-7-13-11-15(22(29)33-17(13)14)25-16(26)9-10-21(4,23)24/h6-8,15,29H,5,9-12H2,1-4H3,(H,25,26). The van der Waals surface area contributed by atoms with Crippen LogP contribution >= 0.6 is 0 Å². The van der Waals surface area contributed by atoms with Crippen molar-refractivity contribution < 1.29 is 47.1 Å². The number of amides is 1. The molecule has 1 aromatic rings. The molecule has 1 amide bonds. The Labute approximate surface area is 190 Å². The van der Waals surface area contributed by atoms with Crippen molar-refractivity contribution in [3.8, 4) is 5.75 Å². The molecule has 1 unspecified atom stereocenters. The van der Waals surface area contributed by atoms with Gasteiger partial charge >= 0.3 is 19.1 Å². The maximum Gasteiger partial charge on any atom is 0.547 e. The maximum atomic E-state index is 12.9. The summed E-state index contributed by atoms with van der Waals surface area (Å²) in [7, 11) is -1.51. The summed E-state index contributed by atoms with van der Waals surface area (Å²) in [5, 5.41) is 12.7. The molecule has 1 heterocycles. The van der Waals surface area contributed by atoms with Crippen LogP contribution in [0.3, 0.4) is 0 Å². The molecule has 2 rings (SSSR count). The van der Waals surface area contributed by atoms with Gasteiger partial charge in [-0.15, -0.1) is 0 Å². The van der Waals surface area contributed by atoms with E-state index >= 15 is 0 Å². The number of carbonyl (C=O) groups is 3. The molecule has 0 aromatic heterocycles. The van der Waals surface area contributed by atoms with E-state index in [1.807, 2.05) is 0 Å². The van der Waals surface area contributed by atoms with Crippen LogP contribution < -0.4 is 9.97 Å². The first-order valence-electron chi connectivity index (χ1n) is 10.5. The fourth-order valence-corrected chi connectivity index (χ4v) is 3.13. The number of esters is 2. The zero-order chi connectivity index (χ0) is 24.8. The van der Waals surface area contributed by atoms with Crippen molar-refractivity contribution in [2.75, 3.05) is 13.4 Å². The zero-order valence-corrected chi connectivity index (χ0v) is 19.0. The van der Waals surface area contributed by atoms with Crippen LogP contribution in [0.15, 0.2) is 18.2 Å². The molecular weight excluding hydrogens is 443 g/mol. The lowest BCUT2D eigenvalue weighted by molar-refractivity contribution is -0.175. The number of nitrogens with one attached hydrogen (secondary N) is 1. The molecule has 33 heavy (non-hydrogen) atoms. The van der Waals surface area contributed by atoms with E-state index in [1.54, 1.807) is 19.1 Å². The molecule has 0 fully saturated rings. The first-order valence-corrected chi connectivity index (χ1v) is 10.5. The average Bonchev–Trinajstić information content (AvgIpc) is 2.71. The predicted octanol–water partition coefficient (Wildman–Crippen LogP) is 2.03. The lowest BCUT2D eigenvalue weighted by Gasteiger charge is -2.29. The van der Waals surface area contributed by atoms with E-state index in [4.69, 9.17) is 18.9 Å². The molecule has 0 bridgehead atoms. The van der Waals surface area contributed by atoms with Gasteiger partial charge in [0.2, 0.25) is 18.6 Å². The Balaban J connectivity index is 1.98. The van der Waals surface area contributed by atoms with E-state index in [-0.39, 0.29) is 17.7 Å². The van der Waals surface area contributed by atoms with Crippen molar-refractivity contribution in [2.45, 2.75) is 64.4 Å². The molecule has 182 valence electrons. The van der Waals surface area contributed by atoms with Gasteiger partial charge in [-0.2, -0.15) is 0 Å². The fourth-order valence-electron chi connectivity index (χ4n) is 3.13. The lowest BCUT2D eigenvalue weighted by atomic mass is 9.72. The predicted molar refractivity (Wildman–Crippen MR) is 113 cm³/mol. The first-order chi connectivity index (χ1) is 15.3. The molecule has 9 nitrogen and oxygen atoms in total. The highest BCUT2D eigenvalue weighted by molar-refractivity contribution is 6.47. The molecule has 0 spiro atoms. The molecule has 0 saturated carbocycles. The van der Waals surface area contributed by atoms with Gasteiger partial charge in [0.25, 0.3) is 0 Å². The van der Waals surface area contributed by atoms with Crippen LogP contribution in [0, 0.1) is 0 Å². The molecule has 1 aliphatic heterocycles. The number of benzene rings is 1. The number of alkyl halides is 2. The summed E-state index contributed by atoms with van der Waals surface area (Å²) in [6, 6.07) is 4.58. The van der Waals surface area contributed by atoms with E-state index in [9.17, 15) is 28.2 Å². The molecule has 1 aliphatic rings. The number of halogens is 2. The fraction of sp³-hybridized carbons (Fsp3) is 0.571. The van der Waals surface area contributed by atoms with E-state index in [2.05, 4.69) is 5.32 Å². The van der Waals surface area contributed by atoms with E-state index < -0.39 is 62.1 Å². The van der Waals surface area contributed by atoms with Gasteiger partial charge in [0.05, 0.1) is 5.94 Å². The molecule has 0 saturated heterocycles. The van der Waals surface area contributed by atoms with E-state index in [0.29, 0.717) is 12.2 Å². The summed E-state index contributed by atoms with van der Waals surface area (Å²) < 4.78 is 46.5. The topological polar surface area (TPSA) is 120 Å². The van der Waals surface area contributed by atoms with Crippen LogP contribution in [0.25, 0.3) is 0 Å². The Kier molecular flexibility index (Phi) is 8.79. The number of hydrogen-bond acceptors (Lipinski definition) is 8. The van der Waals surface area contributed by atoms with E-state index in [0.717, 1.165) is 6.92 Å². The Morgan fingerprint density at radius 2 is 1.94 bits per heavy atom. The molecule has 0 aliphatic carbocycles. The second kappa shape index (κ2) is 10.9. The third kappa shape index (κ3) is 7.67. The molecule has 2 N–H and O–H groups in total. The van der Waals surface area contributed by atoms with Crippen molar-refractivity contribution in [3.05, 3.63) is 29.3 Å². The average molecular weight is 471 g/mol. The minimum atomic E-state index is -2.98. The maximum absolute atomic E-state index is 12.9. The van der Waals surface area contributed by atoms with Crippen molar-refractivity contribution >= 4 is 25.0 Å².